The van der Waals surface area contributed by atoms with Gasteiger partial charge in [-0.15, -0.1) is 0 Å². The molecule has 1 aliphatic rings. The molecule has 0 aliphatic carbocycles. The lowest BCUT2D eigenvalue weighted by Gasteiger charge is -2.26. The smallest absolute Gasteiger partial charge is 0.243 e. The van der Waals surface area contributed by atoms with E-state index >= 15 is 0 Å². The van der Waals surface area contributed by atoms with Crippen molar-refractivity contribution in [3.63, 3.8) is 0 Å². The molecular formula is C24H24N4O4S. The van der Waals surface area contributed by atoms with Gasteiger partial charge in [-0.3, -0.25) is 4.98 Å². The van der Waals surface area contributed by atoms with Crippen LogP contribution in [-0.4, -0.2) is 49.2 Å². The average Bonchev–Trinajstić information content (AvgIpc) is 3.17. The van der Waals surface area contributed by atoms with Crippen molar-refractivity contribution in [1.82, 2.24) is 14.4 Å². The van der Waals surface area contributed by atoms with Crippen LogP contribution in [0.3, 0.4) is 0 Å². The van der Waals surface area contributed by atoms with Crippen LogP contribution in [0, 0.1) is 13.8 Å². The zero-order valence-electron chi connectivity index (χ0n) is 18.4. The molecule has 33 heavy (non-hydrogen) atoms. The molecule has 8 nitrogen and oxygen atoms in total. The lowest BCUT2D eigenvalue weighted by atomic mass is 10.0. The van der Waals surface area contributed by atoms with E-state index in [9.17, 15) is 8.42 Å². The molecule has 0 amide bonds. The number of morpholine rings is 1. The topological polar surface area (TPSA) is 97.6 Å². The van der Waals surface area contributed by atoms with Crippen molar-refractivity contribution in [2.45, 2.75) is 18.7 Å². The monoisotopic (exact) mass is 464 g/mol. The zero-order chi connectivity index (χ0) is 23.0. The summed E-state index contributed by atoms with van der Waals surface area (Å²) in [6, 6.07) is 14.9. The number of anilines is 2. The van der Waals surface area contributed by atoms with Crippen molar-refractivity contribution in [1.29, 1.82) is 0 Å². The maximum Gasteiger partial charge on any atom is 0.243 e. The van der Waals surface area contributed by atoms with Crippen LogP contribution in [0.2, 0.25) is 0 Å². The minimum absolute atomic E-state index is 0.288. The van der Waals surface area contributed by atoms with Crippen molar-refractivity contribution in [2.75, 3.05) is 31.6 Å². The molecular weight excluding hydrogens is 440 g/mol. The molecule has 0 radical (unpaired) electrons. The Morgan fingerprint density at radius 3 is 2.39 bits per heavy atom. The van der Waals surface area contributed by atoms with Gasteiger partial charge in [-0.2, -0.15) is 4.31 Å². The minimum atomic E-state index is -3.52. The summed E-state index contributed by atoms with van der Waals surface area (Å²) >= 11 is 0. The third-order valence-electron chi connectivity index (χ3n) is 5.83. The quantitative estimate of drug-likeness (QED) is 0.471. The van der Waals surface area contributed by atoms with E-state index < -0.39 is 10.0 Å². The summed E-state index contributed by atoms with van der Waals surface area (Å²) in [6.45, 7) is 5.36. The third kappa shape index (κ3) is 4.10. The number of pyridine rings is 1. The Balaban J connectivity index is 1.48. The maximum atomic E-state index is 12.9. The summed E-state index contributed by atoms with van der Waals surface area (Å²) in [4.78, 5) is 4.76. The number of sulfonamides is 1. The molecule has 0 atom stereocenters. The highest BCUT2D eigenvalue weighted by molar-refractivity contribution is 7.89. The highest BCUT2D eigenvalue weighted by Gasteiger charge is 2.26. The van der Waals surface area contributed by atoms with E-state index in [-0.39, 0.29) is 4.90 Å². The van der Waals surface area contributed by atoms with E-state index in [1.165, 1.54) is 4.31 Å². The van der Waals surface area contributed by atoms with Crippen LogP contribution in [0.5, 0.6) is 0 Å². The van der Waals surface area contributed by atoms with E-state index in [4.69, 9.17) is 9.26 Å². The minimum Gasteiger partial charge on any atom is -0.379 e. The highest BCUT2D eigenvalue weighted by atomic mass is 32.2. The number of ether oxygens (including phenoxy) is 1. The van der Waals surface area contributed by atoms with E-state index in [1.807, 2.05) is 50.2 Å². The van der Waals surface area contributed by atoms with Crippen LogP contribution in [-0.2, 0) is 14.8 Å². The molecule has 9 heteroatoms. The van der Waals surface area contributed by atoms with E-state index in [0.29, 0.717) is 32.1 Å². The lowest BCUT2D eigenvalue weighted by Crippen LogP contribution is -2.40. The first kappa shape index (κ1) is 21.6. The predicted molar refractivity (Wildman–Crippen MR) is 126 cm³/mol. The third-order valence-corrected chi connectivity index (χ3v) is 7.74. The molecule has 1 fully saturated rings. The van der Waals surface area contributed by atoms with Crippen molar-refractivity contribution in [3.05, 3.63) is 66.2 Å². The number of hydrogen-bond acceptors (Lipinski definition) is 7. The second kappa shape index (κ2) is 8.58. The Hall–Kier alpha value is -3.27. The molecule has 1 aliphatic heterocycles. The van der Waals surface area contributed by atoms with Crippen LogP contribution in [0.15, 0.2) is 64.1 Å². The number of benzene rings is 2. The van der Waals surface area contributed by atoms with Crippen LogP contribution < -0.4 is 5.32 Å². The van der Waals surface area contributed by atoms with E-state index in [1.54, 1.807) is 18.3 Å². The number of rotatable bonds is 5. The Morgan fingerprint density at radius 1 is 0.970 bits per heavy atom. The van der Waals surface area contributed by atoms with Gasteiger partial charge in [0.05, 0.1) is 23.6 Å². The normalized spacial score (nSPS) is 15.1. The van der Waals surface area contributed by atoms with E-state index in [2.05, 4.69) is 15.5 Å². The zero-order valence-corrected chi connectivity index (χ0v) is 19.2. The molecule has 2 aromatic heterocycles. The molecule has 2 aromatic carbocycles. The molecule has 0 spiro atoms. The highest BCUT2D eigenvalue weighted by Crippen LogP contribution is 2.32. The first-order valence-electron chi connectivity index (χ1n) is 10.7. The fourth-order valence-corrected chi connectivity index (χ4v) is 5.39. The van der Waals surface area contributed by atoms with Gasteiger partial charge in [0.25, 0.3) is 0 Å². The molecule has 4 aromatic rings. The summed E-state index contributed by atoms with van der Waals surface area (Å²) in [5, 5.41) is 8.37. The molecule has 1 N–H and O–H groups in total. The lowest BCUT2D eigenvalue weighted by molar-refractivity contribution is 0.0730. The van der Waals surface area contributed by atoms with Gasteiger partial charge in [0.1, 0.15) is 11.4 Å². The van der Waals surface area contributed by atoms with Crippen molar-refractivity contribution in [3.8, 4) is 11.1 Å². The Bertz CT molecular complexity index is 1390. The van der Waals surface area contributed by atoms with Crippen molar-refractivity contribution in [2.24, 2.45) is 0 Å². The number of aromatic nitrogens is 2. The summed E-state index contributed by atoms with van der Waals surface area (Å²) in [7, 11) is -3.52. The Labute approximate surface area is 192 Å². The number of hydrogen-bond donors (Lipinski definition) is 1. The van der Waals surface area contributed by atoms with Gasteiger partial charge >= 0.3 is 0 Å². The van der Waals surface area contributed by atoms with Crippen molar-refractivity contribution >= 4 is 32.3 Å². The average molecular weight is 465 g/mol. The molecule has 0 saturated carbocycles. The summed E-state index contributed by atoms with van der Waals surface area (Å²) in [6.07, 6.45) is 1.76. The Morgan fingerprint density at radius 2 is 1.70 bits per heavy atom. The van der Waals surface area contributed by atoms with Gasteiger partial charge in [-0.05, 0) is 55.3 Å². The van der Waals surface area contributed by atoms with Gasteiger partial charge < -0.3 is 14.6 Å². The molecule has 170 valence electrons. The van der Waals surface area contributed by atoms with Gasteiger partial charge in [0.15, 0.2) is 5.76 Å². The number of aryl methyl sites for hydroxylation is 2. The predicted octanol–water partition coefficient (Wildman–Crippen LogP) is 4.27. The van der Waals surface area contributed by atoms with Crippen LogP contribution >= 0.6 is 0 Å². The second-order valence-electron chi connectivity index (χ2n) is 7.96. The summed E-state index contributed by atoms with van der Waals surface area (Å²) < 4.78 is 37.8. The van der Waals surface area contributed by atoms with Crippen LogP contribution in [0.1, 0.15) is 11.5 Å². The van der Waals surface area contributed by atoms with Gasteiger partial charge in [-0.25, -0.2) is 8.42 Å². The number of nitrogens with one attached hydrogen (secondary N) is 1. The molecule has 1 saturated heterocycles. The van der Waals surface area contributed by atoms with E-state index in [0.717, 1.165) is 39.1 Å². The fraction of sp³-hybridized carbons (Fsp3) is 0.250. The fourth-order valence-electron chi connectivity index (χ4n) is 3.99. The van der Waals surface area contributed by atoms with Crippen molar-refractivity contribution < 1.29 is 17.7 Å². The van der Waals surface area contributed by atoms with Crippen LogP contribution in [0.4, 0.5) is 11.4 Å². The second-order valence-corrected chi connectivity index (χ2v) is 9.89. The summed E-state index contributed by atoms with van der Waals surface area (Å²) in [5.74, 6) is 0.714. The van der Waals surface area contributed by atoms with Crippen LogP contribution in [0.25, 0.3) is 22.0 Å². The summed E-state index contributed by atoms with van der Waals surface area (Å²) in [5.41, 5.74) is 5.25. The first-order valence-corrected chi connectivity index (χ1v) is 12.1. The van der Waals surface area contributed by atoms with Gasteiger partial charge in [0.2, 0.25) is 10.0 Å². The molecule has 3 heterocycles. The van der Waals surface area contributed by atoms with Gasteiger partial charge in [-0.1, -0.05) is 23.4 Å². The molecule has 0 bridgehead atoms. The molecule has 5 rings (SSSR count). The Kier molecular flexibility index (Phi) is 5.61. The number of fused-ring (bicyclic) bond motifs is 1. The maximum absolute atomic E-state index is 12.9. The number of nitrogens with zero attached hydrogens (tertiary/aromatic N) is 3. The van der Waals surface area contributed by atoms with Gasteiger partial charge in [0, 0.05) is 30.4 Å². The first-order chi connectivity index (χ1) is 15.9. The SMILES string of the molecule is Cc1noc(C)c1Nc1ccnc2ccc(-c3ccc(S(=O)(=O)N4CCOCC4)cc3)cc12. The largest absolute Gasteiger partial charge is 0.379 e. The standard InChI is InChI=1S/C24H24N4O4S/c1-16-24(17(2)32-27-16)26-23-9-10-25-22-8-5-19(15-21(22)23)18-3-6-20(7-4-18)33(29,30)28-11-13-31-14-12-28/h3-10,15H,11-14H2,1-2H3,(H,25,26). The molecule has 0 unspecified atom stereocenters.